The zero-order valence-corrected chi connectivity index (χ0v) is 13.9. The number of carboxylic acids is 1. The molecule has 2 rings (SSSR count). The summed E-state index contributed by atoms with van der Waals surface area (Å²) in [6.45, 7) is 0.0156. The molecule has 0 saturated heterocycles. The quantitative estimate of drug-likeness (QED) is 0.770. The van der Waals surface area contributed by atoms with Crippen molar-refractivity contribution in [1.29, 1.82) is 0 Å². The number of carbonyl (C=O) groups excluding carboxylic acids is 1. The van der Waals surface area contributed by atoms with E-state index in [-0.39, 0.29) is 24.6 Å². The van der Waals surface area contributed by atoms with E-state index in [1.165, 1.54) is 19.2 Å². The standard InChI is InChI=1S/C19H20FNO4/c1-25-17-8-7-14(10-16(17)20)11-18(22)21-12-15(19(23)24)9-13-5-3-2-4-6-13/h2-8,10,15H,9,11-12H2,1H3,(H,21,22)(H,23,24). The molecule has 0 heterocycles. The van der Waals surface area contributed by atoms with E-state index < -0.39 is 17.7 Å². The first-order valence-corrected chi connectivity index (χ1v) is 7.85. The first-order chi connectivity index (χ1) is 12.0. The molecule has 0 aromatic heterocycles. The highest BCUT2D eigenvalue weighted by molar-refractivity contribution is 5.79. The zero-order valence-electron chi connectivity index (χ0n) is 13.9. The van der Waals surface area contributed by atoms with Gasteiger partial charge in [-0.2, -0.15) is 0 Å². The Kier molecular flexibility index (Phi) is 6.51. The molecule has 0 radical (unpaired) electrons. The number of aliphatic carboxylic acids is 1. The molecule has 6 heteroatoms. The molecule has 132 valence electrons. The minimum Gasteiger partial charge on any atom is -0.494 e. The van der Waals surface area contributed by atoms with Crippen LogP contribution in [0.4, 0.5) is 4.39 Å². The van der Waals surface area contributed by atoms with E-state index in [9.17, 15) is 19.1 Å². The molecule has 0 saturated carbocycles. The van der Waals surface area contributed by atoms with Crippen molar-refractivity contribution in [3.63, 3.8) is 0 Å². The summed E-state index contributed by atoms with van der Waals surface area (Å²) in [4.78, 5) is 23.4. The number of halogens is 1. The van der Waals surface area contributed by atoms with Crippen LogP contribution >= 0.6 is 0 Å². The maximum Gasteiger partial charge on any atom is 0.308 e. The van der Waals surface area contributed by atoms with Crippen LogP contribution in [0.1, 0.15) is 11.1 Å². The van der Waals surface area contributed by atoms with Crippen LogP contribution in [0.15, 0.2) is 48.5 Å². The minimum absolute atomic E-state index is 0.0156. The summed E-state index contributed by atoms with van der Waals surface area (Å²) in [5.41, 5.74) is 1.38. The number of hydrogen-bond donors (Lipinski definition) is 2. The van der Waals surface area contributed by atoms with E-state index in [0.717, 1.165) is 5.56 Å². The molecule has 1 unspecified atom stereocenters. The normalized spacial score (nSPS) is 11.6. The molecule has 0 fully saturated rings. The van der Waals surface area contributed by atoms with E-state index in [1.807, 2.05) is 30.3 Å². The van der Waals surface area contributed by atoms with Gasteiger partial charge in [-0.05, 0) is 29.7 Å². The van der Waals surface area contributed by atoms with Gasteiger partial charge >= 0.3 is 5.97 Å². The number of ether oxygens (including phenoxy) is 1. The fourth-order valence-corrected chi connectivity index (χ4v) is 2.45. The first kappa shape index (κ1) is 18.4. The zero-order chi connectivity index (χ0) is 18.2. The smallest absolute Gasteiger partial charge is 0.308 e. The number of carbonyl (C=O) groups is 2. The van der Waals surface area contributed by atoms with Gasteiger partial charge < -0.3 is 15.2 Å². The van der Waals surface area contributed by atoms with E-state index in [2.05, 4.69) is 5.32 Å². The van der Waals surface area contributed by atoms with Crippen molar-refractivity contribution < 1.29 is 23.8 Å². The van der Waals surface area contributed by atoms with Crippen LogP contribution < -0.4 is 10.1 Å². The van der Waals surface area contributed by atoms with Gasteiger partial charge in [0.1, 0.15) is 0 Å². The van der Waals surface area contributed by atoms with Gasteiger partial charge in [0.25, 0.3) is 0 Å². The molecule has 0 bridgehead atoms. The Hall–Kier alpha value is -2.89. The molecule has 0 aliphatic heterocycles. The molecule has 1 atom stereocenters. The van der Waals surface area contributed by atoms with Crippen LogP contribution in [0.3, 0.4) is 0 Å². The number of nitrogens with one attached hydrogen (secondary N) is 1. The van der Waals surface area contributed by atoms with Crippen molar-refractivity contribution in [2.75, 3.05) is 13.7 Å². The Morgan fingerprint density at radius 3 is 2.48 bits per heavy atom. The highest BCUT2D eigenvalue weighted by atomic mass is 19.1. The lowest BCUT2D eigenvalue weighted by Crippen LogP contribution is -2.34. The predicted molar refractivity (Wildman–Crippen MR) is 90.9 cm³/mol. The maximum atomic E-state index is 13.6. The minimum atomic E-state index is -0.973. The van der Waals surface area contributed by atoms with Crippen LogP contribution in [0.25, 0.3) is 0 Å². The summed E-state index contributed by atoms with van der Waals surface area (Å²) in [6.07, 6.45) is 0.298. The second kappa shape index (κ2) is 8.82. The Morgan fingerprint density at radius 1 is 1.16 bits per heavy atom. The molecule has 1 amide bonds. The largest absolute Gasteiger partial charge is 0.494 e. The molecule has 2 N–H and O–H groups in total. The second-order valence-corrected chi connectivity index (χ2v) is 5.67. The molecule has 25 heavy (non-hydrogen) atoms. The summed E-state index contributed by atoms with van der Waals surface area (Å²) >= 11 is 0. The number of benzene rings is 2. The lowest BCUT2D eigenvalue weighted by molar-refractivity contribution is -0.141. The van der Waals surface area contributed by atoms with Crippen molar-refractivity contribution in [3.05, 3.63) is 65.5 Å². The number of carboxylic acid groups (broad SMARTS) is 1. The van der Waals surface area contributed by atoms with Crippen LogP contribution in [0.5, 0.6) is 5.75 Å². The maximum absolute atomic E-state index is 13.6. The highest BCUT2D eigenvalue weighted by Gasteiger charge is 2.19. The van der Waals surface area contributed by atoms with Gasteiger partial charge in [-0.15, -0.1) is 0 Å². The van der Waals surface area contributed by atoms with Crippen molar-refractivity contribution in [2.45, 2.75) is 12.8 Å². The average Bonchev–Trinajstić information content (AvgIpc) is 2.59. The fourth-order valence-electron chi connectivity index (χ4n) is 2.45. The van der Waals surface area contributed by atoms with E-state index >= 15 is 0 Å². The van der Waals surface area contributed by atoms with Crippen molar-refractivity contribution in [3.8, 4) is 5.75 Å². The van der Waals surface area contributed by atoms with Crippen LogP contribution in [-0.2, 0) is 22.4 Å². The molecule has 5 nitrogen and oxygen atoms in total. The Bertz CT molecular complexity index is 733. The Labute approximate surface area is 145 Å². The Morgan fingerprint density at radius 2 is 1.88 bits per heavy atom. The molecule has 2 aromatic rings. The Balaban J connectivity index is 1.90. The highest BCUT2D eigenvalue weighted by Crippen LogP contribution is 2.18. The second-order valence-electron chi connectivity index (χ2n) is 5.67. The van der Waals surface area contributed by atoms with Gasteiger partial charge in [-0.25, -0.2) is 4.39 Å². The lowest BCUT2D eigenvalue weighted by atomic mass is 9.99. The van der Waals surface area contributed by atoms with Crippen LogP contribution in [-0.4, -0.2) is 30.6 Å². The van der Waals surface area contributed by atoms with Gasteiger partial charge in [-0.1, -0.05) is 36.4 Å². The monoisotopic (exact) mass is 345 g/mol. The summed E-state index contributed by atoms with van der Waals surface area (Å²) in [6, 6.07) is 13.5. The van der Waals surface area contributed by atoms with E-state index in [4.69, 9.17) is 4.74 Å². The number of amides is 1. The average molecular weight is 345 g/mol. The molecular formula is C19H20FNO4. The van der Waals surface area contributed by atoms with Crippen LogP contribution in [0.2, 0.25) is 0 Å². The van der Waals surface area contributed by atoms with Gasteiger partial charge in [0.15, 0.2) is 11.6 Å². The van der Waals surface area contributed by atoms with Crippen molar-refractivity contribution >= 4 is 11.9 Å². The van der Waals surface area contributed by atoms with Crippen molar-refractivity contribution in [2.24, 2.45) is 5.92 Å². The van der Waals surface area contributed by atoms with E-state index in [1.54, 1.807) is 6.07 Å². The van der Waals surface area contributed by atoms with Gasteiger partial charge in [0.2, 0.25) is 5.91 Å². The third-order valence-corrected chi connectivity index (χ3v) is 3.80. The van der Waals surface area contributed by atoms with Gasteiger partial charge in [0, 0.05) is 6.54 Å². The summed E-state index contributed by atoms with van der Waals surface area (Å²) in [5.74, 6) is -2.49. The SMILES string of the molecule is COc1ccc(CC(=O)NCC(Cc2ccccc2)C(=O)O)cc1F. The number of methoxy groups -OCH3 is 1. The molecule has 0 aliphatic rings. The molecule has 0 spiro atoms. The van der Waals surface area contributed by atoms with Crippen molar-refractivity contribution in [1.82, 2.24) is 5.32 Å². The lowest BCUT2D eigenvalue weighted by Gasteiger charge is -2.14. The summed E-state index contributed by atoms with van der Waals surface area (Å²) in [7, 11) is 1.36. The van der Waals surface area contributed by atoms with Gasteiger partial charge in [-0.3, -0.25) is 9.59 Å². The van der Waals surface area contributed by atoms with Gasteiger partial charge in [0.05, 0.1) is 19.4 Å². The molecule has 2 aromatic carbocycles. The third kappa shape index (κ3) is 5.60. The predicted octanol–water partition coefficient (Wildman–Crippen LogP) is 2.44. The summed E-state index contributed by atoms with van der Waals surface area (Å²) < 4.78 is 18.5. The topological polar surface area (TPSA) is 75.6 Å². The summed E-state index contributed by atoms with van der Waals surface area (Å²) in [5, 5.41) is 11.9. The fraction of sp³-hybridized carbons (Fsp3) is 0.263. The first-order valence-electron chi connectivity index (χ1n) is 7.85. The third-order valence-electron chi connectivity index (χ3n) is 3.80. The molecule has 0 aliphatic carbocycles. The van der Waals surface area contributed by atoms with E-state index in [0.29, 0.717) is 12.0 Å². The number of rotatable bonds is 8. The van der Waals surface area contributed by atoms with Crippen LogP contribution in [0, 0.1) is 11.7 Å². The molecular weight excluding hydrogens is 325 g/mol. The number of hydrogen-bond acceptors (Lipinski definition) is 3.